The number of hydrogen-bond donors (Lipinski definition) is 2. The molecule has 3 aromatic rings. The van der Waals surface area contributed by atoms with E-state index in [1.54, 1.807) is 0 Å². The van der Waals surface area contributed by atoms with Crippen LogP contribution < -0.4 is 10.6 Å². The first-order valence-electron chi connectivity index (χ1n) is 7.48. The number of halogens is 5. The molecule has 27 heavy (non-hydrogen) atoms. The molecule has 4 nitrogen and oxygen atoms in total. The van der Waals surface area contributed by atoms with Gasteiger partial charge >= 0.3 is 0 Å². The topological polar surface area (TPSA) is 54.0 Å². The molecule has 0 unspecified atom stereocenters. The third-order valence-electron chi connectivity index (χ3n) is 3.51. The first-order chi connectivity index (χ1) is 12.9. The third kappa shape index (κ3) is 3.86. The Kier molecular flexibility index (Phi) is 5.02. The fraction of sp³-hybridized carbons (Fsp3) is 0. The van der Waals surface area contributed by atoms with Crippen LogP contribution in [0.4, 0.5) is 39.0 Å². The van der Waals surface area contributed by atoms with Crippen LogP contribution in [0, 0.1) is 29.1 Å². The molecule has 9 heteroatoms. The molecule has 1 heterocycles. The molecule has 0 saturated carbocycles. The zero-order valence-corrected chi connectivity index (χ0v) is 13.4. The van der Waals surface area contributed by atoms with Crippen molar-refractivity contribution in [1.29, 1.82) is 0 Å². The molecule has 138 valence electrons. The number of para-hydroxylation sites is 1. The summed E-state index contributed by atoms with van der Waals surface area (Å²) in [5.74, 6) is -7.16. The molecule has 1 amide bonds. The second kappa shape index (κ2) is 7.40. The summed E-state index contributed by atoms with van der Waals surface area (Å²) in [7, 11) is 0. The molecule has 0 fully saturated rings. The predicted molar refractivity (Wildman–Crippen MR) is 88.1 cm³/mol. The van der Waals surface area contributed by atoms with Crippen LogP contribution in [0.2, 0.25) is 0 Å². The number of aromatic nitrogens is 1. The Bertz CT molecular complexity index is 988. The molecule has 1 aromatic heterocycles. The molecular formula is C18H10F5N3O. The minimum absolute atomic E-state index is 0.182. The van der Waals surface area contributed by atoms with Crippen LogP contribution in [0.15, 0.2) is 48.7 Å². The van der Waals surface area contributed by atoms with Gasteiger partial charge in [0.1, 0.15) is 23.0 Å². The number of anilines is 3. The van der Waals surface area contributed by atoms with Gasteiger partial charge in [-0.05, 0) is 36.4 Å². The van der Waals surface area contributed by atoms with Crippen LogP contribution in [0.5, 0.6) is 0 Å². The summed E-state index contributed by atoms with van der Waals surface area (Å²) < 4.78 is 66.9. The van der Waals surface area contributed by atoms with E-state index in [2.05, 4.69) is 15.6 Å². The lowest BCUT2D eigenvalue weighted by Crippen LogP contribution is -2.15. The van der Waals surface area contributed by atoms with Gasteiger partial charge in [0.05, 0.1) is 17.6 Å². The highest BCUT2D eigenvalue weighted by Gasteiger charge is 2.17. The van der Waals surface area contributed by atoms with Gasteiger partial charge in [-0.25, -0.2) is 26.9 Å². The van der Waals surface area contributed by atoms with Crippen molar-refractivity contribution >= 4 is 23.0 Å². The summed E-state index contributed by atoms with van der Waals surface area (Å²) >= 11 is 0. The smallest absolute Gasteiger partial charge is 0.274 e. The van der Waals surface area contributed by atoms with Crippen LogP contribution >= 0.6 is 0 Å². The second-order valence-electron chi connectivity index (χ2n) is 5.33. The number of benzene rings is 2. The van der Waals surface area contributed by atoms with Crippen molar-refractivity contribution in [3.05, 3.63) is 83.4 Å². The SMILES string of the molecule is O=C(Nc1ccc(F)c(F)c1F)c1ccc(Nc2c(F)cccc2F)cn1. The summed E-state index contributed by atoms with van der Waals surface area (Å²) in [6.45, 7) is 0. The average Bonchev–Trinajstić information content (AvgIpc) is 2.66. The van der Waals surface area contributed by atoms with E-state index in [4.69, 9.17) is 0 Å². The lowest BCUT2D eigenvalue weighted by atomic mass is 10.2. The minimum Gasteiger partial charge on any atom is -0.349 e. The zero-order chi connectivity index (χ0) is 19.6. The van der Waals surface area contributed by atoms with Crippen molar-refractivity contribution in [2.45, 2.75) is 0 Å². The molecule has 0 aliphatic heterocycles. The Morgan fingerprint density at radius 3 is 2.15 bits per heavy atom. The van der Waals surface area contributed by atoms with E-state index in [9.17, 15) is 26.7 Å². The van der Waals surface area contributed by atoms with E-state index in [1.165, 1.54) is 18.2 Å². The predicted octanol–water partition coefficient (Wildman–Crippen LogP) is 4.77. The lowest BCUT2D eigenvalue weighted by molar-refractivity contribution is 0.102. The molecular weight excluding hydrogens is 369 g/mol. The van der Waals surface area contributed by atoms with Crippen molar-refractivity contribution in [3.63, 3.8) is 0 Å². The Morgan fingerprint density at radius 2 is 1.52 bits per heavy atom. The van der Waals surface area contributed by atoms with Gasteiger partial charge < -0.3 is 10.6 Å². The molecule has 0 bridgehead atoms. The Morgan fingerprint density at radius 1 is 0.815 bits per heavy atom. The second-order valence-corrected chi connectivity index (χ2v) is 5.33. The quantitative estimate of drug-likeness (QED) is 0.507. The fourth-order valence-electron chi connectivity index (χ4n) is 2.17. The van der Waals surface area contributed by atoms with Crippen LogP contribution in [0.25, 0.3) is 0 Å². The summed E-state index contributed by atoms with van der Waals surface area (Å²) in [5.41, 5.74) is -0.940. The first kappa shape index (κ1) is 18.3. The van der Waals surface area contributed by atoms with E-state index >= 15 is 0 Å². The molecule has 3 rings (SSSR count). The number of carbonyl (C=O) groups excluding carboxylic acids is 1. The number of nitrogens with one attached hydrogen (secondary N) is 2. The number of carbonyl (C=O) groups is 1. The van der Waals surface area contributed by atoms with Gasteiger partial charge in [0.25, 0.3) is 5.91 Å². The Labute approximate surface area is 149 Å². The van der Waals surface area contributed by atoms with Gasteiger partial charge in [-0.1, -0.05) is 6.07 Å². The molecule has 0 aliphatic carbocycles. The Hall–Kier alpha value is -3.49. The maximum absolute atomic E-state index is 13.6. The number of nitrogens with zero attached hydrogens (tertiary/aromatic N) is 1. The summed E-state index contributed by atoms with van der Waals surface area (Å²) in [5, 5.41) is 4.54. The molecule has 0 radical (unpaired) electrons. The first-order valence-corrected chi connectivity index (χ1v) is 7.48. The minimum atomic E-state index is -1.72. The van der Waals surface area contributed by atoms with E-state index in [0.717, 1.165) is 24.4 Å². The van der Waals surface area contributed by atoms with Crippen LogP contribution in [-0.2, 0) is 0 Å². The summed E-state index contributed by atoms with van der Waals surface area (Å²) in [6, 6.07) is 7.39. The van der Waals surface area contributed by atoms with Gasteiger partial charge in [-0.3, -0.25) is 4.79 Å². The summed E-state index contributed by atoms with van der Waals surface area (Å²) in [6.07, 6.45) is 1.13. The van der Waals surface area contributed by atoms with Gasteiger partial charge in [0, 0.05) is 0 Å². The van der Waals surface area contributed by atoms with E-state index in [-0.39, 0.29) is 17.1 Å². The highest BCUT2D eigenvalue weighted by atomic mass is 19.2. The van der Waals surface area contributed by atoms with Gasteiger partial charge in [-0.2, -0.15) is 0 Å². The largest absolute Gasteiger partial charge is 0.349 e. The molecule has 2 N–H and O–H groups in total. The summed E-state index contributed by atoms with van der Waals surface area (Å²) in [4.78, 5) is 15.8. The molecule has 0 aliphatic rings. The van der Waals surface area contributed by atoms with Gasteiger partial charge in [0.15, 0.2) is 17.5 Å². The van der Waals surface area contributed by atoms with Crippen molar-refractivity contribution in [1.82, 2.24) is 4.98 Å². The highest BCUT2D eigenvalue weighted by molar-refractivity contribution is 6.03. The van der Waals surface area contributed by atoms with E-state index in [0.29, 0.717) is 6.07 Å². The van der Waals surface area contributed by atoms with E-state index < -0.39 is 40.7 Å². The van der Waals surface area contributed by atoms with Crippen molar-refractivity contribution < 1.29 is 26.7 Å². The highest BCUT2D eigenvalue weighted by Crippen LogP contribution is 2.23. The van der Waals surface area contributed by atoms with E-state index in [1.807, 2.05) is 0 Å². The standard InChI is InChI=1S/C18H10F5N3O/c19-10-5-7-13(16(23)15(10)22)26-18(27)14-6-4-9(8-24-14)25-17-11(20)2-1-3-12(17)21/h1-8,25H,(H,26,27). The average molecular weight is 379 g/mol. The maximum Gasteiger partial charge on any atom is 0.274 e. The fourth-order valence-corrected chi connectivity index (χ4v) is 2.17. The number of hydrogen-bond acceptors (Lipinski definition) is 3. The zero-order valence-electron chi connectivity index (χ0n) is 13.4. The van der Waals surface area contributed by atoms with Gasteiger partial charge in [0.2, 0.25) is 0 Å². The van der Waals surface area contributed by atoms with Crippen molar-refractivity contribution in [3.8, 4) is 0 Å². The normalized spacial score (nSPS) is 10.6. The lowest BCUT2D eigenvalue weighted by Gasteiger charge is -2.10. The third-order valence-corrected chi connectivity index (χ3v) is 3.51. The Balaban J connectivity index is 1.75. The van der Waals surface area contributed by atoms with Gasteiger partial charge in [-0.15, -0.1) is 0 Å². The maximum atomic E-state index is 13.6. The van der Waals surface area contributed by atoms with Crippen molar-refractivity contribution in [2.24, 2.45) is 0 Å². The molecule has 0 saturated heterocycles. The van der Waals surface area contributed by atoms with Crippen molar-refractivity contribution in [2.75, 3.05) is 10.6 Å². The van der Waals surface area contributed by atoms with Crippen LogP contribution in [0.3, 0.4) is 0 Å². The molecule has 0 atom stereocenters. The molecule has 0 spiro atoms. The monoisotopic (exact) mass is 379 g/mol. The number of pyridine rings is 1. The number of rotatable bonds is 4. The van der Waals surface area contributed by atoms with Crippen LogP contribution in [0.1, 0.15) is 10.5 Å². The number of amides is 1. The van der Waals surface area contributed by atoms with Crippen LogP contribution in [-0.4, -0.2) is 10.9 Å². The molecule has 2 aromatic carbocycles.